The molecule has 0 saturated carbocycles. The summed E-state index contributed by atoms with van der Waals surface area (Å²) in [6.45, 7) is 8.75. The predicted octanol–water partition coefficient (Wildman–Crippen LogP) is 4.04. The van der Waals surface area contributed by atoms with Crippen LogP contribution in [0, 0.1) is 20.8 Å². The van der Waals surface area contributed by atoms with Gasteiger partial charge in [-0.15, -0.1) is 0 Å². The molecule has 116 valence electrons. The number of amides is 1. The molecule has 0 N–H and O–H groups in total. The van der Waals surface area contributed by atoms with E-state index in [-0.39, 0.29) is 12.5 Å². The van der Waals surface area contributed by atoms with Gasteiger partial charge < -0.3 is 9.64 Å². The Morgan fingerprint density at radius 1 is 1.05 bits per heavy atom. The molecule has 2 aromatic carbocycles. The van der Waals surface area contributed by atoms with Gasteiger partial charge in [0.2, 0.25) is 0 Å². The lowest BCUT2D eigenvalue weighted by molar-refractivity contribution is -0.120. The highest BCUT2D eigenvalue weighted by atomic mass is 16.5. The van der Waals surface area contributed by atoms with Crippen molar-refractivity contribution in [3.8, 4) is 5.75 Å². The third-order valence-corrected chi connectivity index (χ3v) is 3.77. The van der Waals surface area contributed by atoms with E-state index in [1.807, 2.05) is 63.2 Å². The van der Waals surface area contributed by atoms with Crippen LogP contribution in [-0.2, 0) is 4.79 Å². The summed E-state index contributed by atoms with van der Waals surface area (Å²) in [6.07, 6.45) is 0. The third-order valence-electron chi connectivity index (χ3n) is 3.77. The van der Waals surface area contributed by atoms with Crippen LogP contribution < -0.4 is 9.64 Å². The average molecular weight is 297 g/mol. The highest BCUT2D eigenvalue weighted by molar-refractivity contribution is 5.94. The van der Waals surface area contributed by atoms with Crippen molar-refractivity contribution in [1.82, 2.24) is 0 Å². The lowest BCUT2D eigenvalue weighted by Gasteiger charge is -2.21. The number of aryl methyl sites for hydroxylation is 3. The van der Waals surface area contributed by atoms with Crippen LogP contribution in [0.3, 0.4) is 0 Å². The zero-order valence-electron chi connectivity index (χ0n) is 13.7. The number of anilines is 1. The highest BCUT2D eigenvalue weighted by Crippen LogP contribution is 2.18. The number of hydrogen-bond acceptors (Lipinski definition) is 2. The smallest absolute Gasteiger partial charge is 0.264 e. The summed E-state index contributed by atoms with van der Waals surface area (Å²) in [7, 11) is 0. The lowest BCUT2D eigenvalue weighted by Crippen LogP contribution is -2.34. The van der Waals surface area contributed by atoms with Gasteiger partial charge in [0.15, 0.2) is 6.61 Å². The Labute approximate surface area is 132 Å². The second-order valence-corrected chi connectivity index (χ2v) is 5.51. The molecule has 0 atom stereocenters. The molecule has 0 saturated heterocycles. The predicted molar refractivity (Wildman–Crippen MR) is 90.6 cm³/mol. The summed E-state index contributed by atoms with van der Waals surface area (Å²) in [4.78, 5) is 14.2. The number of nitrogens with zero attached hydrogens (tertiary/aromatic N) is 1. The molecule has 0 bridgehead atoms. The van der Waals surface area contributed by atoms with Crippen LogP contribution in [0.5, 0.6) is 5.75 Å². The number of hydrogen-bond donors (Lipinski definition) is 0. The first-order chi connectivity index (χ1) is 10.5. The van der Waals surface area contributed by atoms with Gasteiger partial charge >= 0.3 is 0 Å². The monoisotopic (exact) mass is 297 g/mol. The van der Waals surface area contributed by atoms with Gasteiger partial charge in [-0.2, -0.15) is 0 Å². The molecule has 2 rings (SSSR count). The van der Waals surface area contributed by atoms with Crippen molar-refractivity contribution in [3.63, 3.8) is 0 Å². The Balaban J connectivity index is 2.05. The van der Waals surface area contributed by atoms with Gasteiger partial charge in [-0.1, -0.05) is 18.2 Å². The van der Waals surface area contributed by atoms with Crippen molar-refractivity contribution in [2.75, 3.05) is 18.1 Å². The minimum Gasteiger partial charge on any atom is -0.484 e. The molecule has 0 radical (unpaired) electrons. The minimum atomic E-state index is -0.0358. The largest absolute Gasteiger partial charge is 0.484 e. The average Bonchev–Trinajstić information content (AvgIpc) is 2.49. The molecule has 0 spiro atoms. The fourth-order valence-corrected chi connectivity index (χ4v) is 2.33. The van der Waals surface area contributed by atoms with Crippen LogP contribution in [0.2, 0.25) is 0 Å². The molecule has 1 amide bonds. The molecule has 0 aromatic heterocycles. The maximum Gasteiger partial charge on any atom is 0.264 e. The molecule has 0 unspecified atom stereocenters. The summed E-state index contributed by atoms with van der Waals surface area (Å²) in [5.74, 6) is 0.697. The number of ether oxygens (including phenoxy) is 1. The molecule has 0 heterocycles. The first kappa shape index (κ1) is 16.1. The molecule has 0 aliphatic heterocycles. The lowest BCUT2D eigenvalue weighted by atomic mass is 10.1. The molecule has 0 aliphatic rings. The van der Waals surface area contributed by atoms with E-state index in [0.717, 1.165) is 22.6 Å². The topological polar surface area (TPSA) is 29.5 Å². The van der Waals surface area contributed by atoms with Crippen molar-refractivity contribution in [3.05, 3.63) is 59.2 Å². The van der Waals surface area contributed by atoms with Gasteiger partial charge in [0, 0.05) is 12.2 Å². The highest BCUT2D eigenvalue weighted by Gasteiger charge is 2.14. The number of benzene rings is 2. The normalized spacial score (nSPS) is 10.4. The molecule has 22 heavy (non-hydrogen) atoms. The van der Waals surface area contributed by atoms with E-state index in [2.05, 4.69) is 6.92 Å². The van der Waals surface area contributed by atoms with E-state index in [0.29, 0.717) is 6.54 Å². The van der Waals surface area contributed by atoms with Gasteiger partial charge in [0.05, 0.1) is 0 Å². The van der Waals surface area contributed by atoms with Crippen LogP contribution in [0.15, 0.2) is 42.5 Å². The summed E-state index contributed by atoms with van der Waals surface area (Å²) >= 11 is 0. The fraction of sp³-hybridized carbons (Fsp3) is 0.316. The molecule has 0 aliphatic carbocycles. The zero-order valence-corrected chi connectivity index (χ0v) is 13.7. The molecular formula is C19H23NO2. The first-order valence-electron chi connectivity index (χ1n) is 7.58. The van der Waals surface area contributed by atoms with Crippen LogP contribution in [-0.4, -0.2) is 19.1 Å². The summed E-state index contributed by atoms with van der Waals surface area (Å²) in [5.41, 5.74) is 4.43. The van der Waals surface area contributed by atoms with Crippen LogP contribution in [0.25, 0.3) is 0 Å². The van der Waals surface area contributed by atoms with Crippen molar-refractivity contribution >= 4 is 11.6 Å². The van der Waals surface area contributed by atoms with Gasteiger partial charge in [0.25, 0.3) is 5.91 Å². The molecule has 3 nitrogen and oxygen atoms in total. The Morgan fingerprint density at radius 3 is 2.45 bits per heavy atom. The summed E-state index contributed by atoms with van der Waals surface area (Å²) < 4.78 is 5.65. The van der Waals surface area contributed by atoms with Crippen LogP contribution >= 0.6 is 0 Å². The standard InChI is InChI=1S/C19H23NO2/c1-5-20(17-8-6-7-14(2)11-17)19(21)13-22-18-10-9-15(3)16(4)12-18/h6-12H,5,13H2,1-4H3. The number of carbonyl (C=O) groups is 1. The van der Waals surface area contributed by atoms with Crippen molar-refractivity contribution in [1.29, 1.82) is 0 Å². The van der Waals surface area contributed by atoms with Crippen molar-refractivity contribution in [2.45, 2.75) is 27.7 Å². The van der Waals surface area contributed by atoms with E-state index in [1.165, 1.54) is 5.56 Å². The van der Waals surface area contributed by atoms with E-state index in [1.54, 1.807) is 4.90 Å². The number of carbonyl (C=O) groups excluding carboxylic acids is 1. The maximum absolute atomic E-state index is 12.4. The van der Waals surface area contributed by atoms with Gasteiger partial charge in [-0.05, 0) is 68.7 Å². The molecule has 0 fully saturated rings. The summed E-state index contributed by atoms with van der Waals surface area (Å²) in [6, 6.07) is 13.8. The second kappa shape index (κ2) is 7.12. The Bertz CT molecular complexity index is 664. The van der Waals surface area contributed by atoms with Crippen molar-refractivity contribution < 1.29 is 9.53 Å². The van der Waals surface area contributed by atoms with Crippen LogP contribution in [0.4, 0.5) is 5.69 Å². The maximum atomic E-state index is 12.4. The van der Waals surface area contributed by atoms with Gasteiger partial charge in [-0.3, -0.25) is 4.79 Å². The summed E-state index contributed by atoms with van der Waals surface area (Å²) in [5, 5.41) is 0. The van der Waals surface area contributed by atoms with Gasteiger partial charge in [0.1, 0.15) is 5.75 Å². The van der Waals surface area contributed by atoms with Crippen LogP contribution in [0.1, 0.15) is 23.6 Å². The van der Waals surface area contributed by atoms with E-state index >= 15 is 0 Å². The zero-order chi connectivity index (χ0) is 16.1. The Hall–Kier alpha value is -2.29. The number of rotatable bonds is 5. The van der Waals surface area contributed by atoms with E-state index < -0.39 is 0 Å². The SMILES string of the molecule is CCN(C(=O)COc1ccc(C)c(C)c1)c1cccc(C)c1. The first-order valence-corrected chi connectivity index (χ1v) is 7.58. The molecule has 3 heteroatoms. The second-order valence-electron chi connectivity index (χ2n) is 5.51. The molecular weight excluding hydrogens is 274 g/mol. The quantitative estimate of drug-likeness (QED) is 0.833. The van der Waals surface area contributed by atoms with E-state index in [4.69, 9.17) is 4.74 Å². The fourth-order valence-electron chi connectivity index (χ4n) is 2.33. The van der Waals surface area contributed by atoms with E-state index in [9.17, 15) is 4.79 Å². The minimum absolute atomic E-state index is 0.0358. The molecule has 2 aromatic rings. The number of likely N-dealkylation sites (N-methyl/N-ethyl adjacent to an activating group) is 1. The Kier molecular flexibility index (Phi) is 5.21. The Morgan fingerprint density at radius 2 is 1.82 bits per heavy atom. The third kappa shape index (κ3) is 3.88. The van der Waals surface area contributed by atoms with Gasteiger partial charge in [-0.25, -0.2) is 0 Å². The van der Waals surface area contributed by atoms with Crippen molar-refractivity contribution in [2.24, 2.45) is 0 Å².